The second-order valence-electron chi connectivity index (χ2n) is 7.08. The van der Waals surface area contributed by atoms with Crippen molar-refractivity contribution < 1.29 is 18.8 Å². The molecule has 2 aromatic heterocycles. The van der Waals surface area contributed by atoms with Gasteiger partial charge in [-0.25, -0.2) is 4.79 Å². The lowest BCUT2D eigenvalue weighted by Crippen LogP contribution is -2.53. The Balaban J connectivity index is 1.72. The number of imide groups is 2. The number of furan rings is 1. The molecule has 1 fully saturated rings. The van der Waals surface area contributed by atoms with Gasteiger partial charge >= 0.3 is 6.03 Å². The van der Waals surface area contributed by atoms with Crippen LogP contribution in [0.4, 0.5) is 4.79 Å². The molecular formula is C22H17Cl2N3O4. The van der Waals surface area contributed by atoms with E-state index >= 15 is 0 Å². The molecule has 7 nitrogen and oxygen atoms in total. The number of nitrogens with zero attached hydrogens (tertiary/aromatic N) is 2. The molecule has 4 rings (SSSR count). The maximum Gasteiger partial charge on any atom is 0.331 e. The number of urea groups is 1. The molecule has 1 aromatic carbocycles. The van der Waals surface area contributed by atoms with Crippen molar-refractivity contribution in [3.8, 4) is 5.69 Å². The summed E-state index contributed by atoms with van der Waals surface area (Å²) in [5.74, 6) is -1.02. The van der Waals surface area contributed by atoms with Gasteiger partial charge in [-0.2, -0.15) is 0 Å². The van der Waals surface area contributed by atoms with Gasteiger partial charge in [0.05, 0.1) is 12.8 Å². The number of nitrogens with one attached hydrogen (secondary N) is 1. The highest BCUT2D eigenvalue weighted by atomic mass is 35.5. The van der Waals surface area contributed by atoms with Crippen molar-refractivity contribution in [3.05, 3.63) is 81.0 Å². The molecule has 4 amide bonds. The molecule has 1 N–H and O–H groups in total. The first-order valence-corrected chi connectivity index (χ1v) is 10.1. The number of benzene rings is 1. The number of hydrogen-bond acceptors (Lipinski definition) is 4. The van der Waals surface area contributed by atoms with Crippen LogP contribution in [0, 0.1) is 13.8 Å². The number of hydrogen-bond donors (Lipinski definition) is 1. The molecular weight excluding hydrogens is 441 g/mol. The monoisotopic (exact) mass is 457 g/mol. The Morgan fingerprint density at radius 2 is 1.77 bits per heavy atom. The van der Waals surface area contributed by atoms with Gasteiger partial charge in [0.25, 0.3) is 11.8 Å². The van der Waals surface area contributed by atoms with Gasteiger partial charge in [0.2, 0.25) is 0 Å². The zero-order chi connectivity index (χ0) is 22.3. The third kappa shape index (κ3) is 4.02. The number of carbonyl (C=O) groups excluding carboxylic acids is 3. The standard InChI is InChI=1S/C22H17Cl2N3O4/c1-12-6-14(13(2)27(12)17-9-15(23)8-16(24)10-17)7-19-20(28)25-22(30)26(21(19)29)11-18-4-3-5-31-18/h3-10H,11H2,1-2H3,(H,25,28,30). The van der Waals surface area contributed by atoms with Crippen LogP contribution in [0.25, 0.3) is 11.8 Å². The predicted octanol–water partition coefficient (Wildman–Crippen LogP) is 4.66. The lowest BCUT2D eigenvalue weighted by atomic mass is 10.1. The number of rotatable bonds is 4. The van der Waals surface area contributed by atoms with E-state index in [1.807, 2.05) is 24.5 Å². The highest BCUT2D eigenvalue weighted by Crippen LogP contribution is 2.28. The largest absolute Gasteiger partial charge is 0.467 e. The van der Waals surface area contributed by atoms with E-state index in [2.05, 4.69) is 5.32 Å². The summed E-state index contributed by atoms with van der Waals surface area (Å²) in [7, 11) is 0. The lowest BCUT2D eigenvalue weighted by molar-refractivity contribution is -0.130. The summed E-state index contributed by atoms with van der Waals surface area (Å²) in [6.45, 7) is 3.66. The summed E-state index contributed by atoms with van der Waals surface area (Å²) in [6, 6.07) is 9.52. The van der Waals surface area contributed by atoms with Gasteiger partial charge in [-0.1, -0.05) is 23.2 Å². The van der Waals surface area contributed by atoms with Gasteiger partial charge in [0.15, 0.2) is 0 Å². The first-order chi connectivity index (χ1) is 14.7. The van der Waals surface area contributed by atoms with Crippen molar-refractivity contribution in [3.63, 3.8) is 0 Å². The zero-order valence-electron chi connectivity index (χ0n) is 16.6. The molecule has 0 saturated carbocycles. The fraction of sp³-hybridized carbons (Fsp3) is 0.136. The van der Waals surface area contributed by atoms with Crippen LogP contribution < -0.4 is 5.32 Å². The van der Waals surface area contributed by atoms with E-state index in [1.165, 1.54) is 12.3 Å². The molecule has 0 unspecified atom stereocenters. The first kappa shape index (κ1) is 21.0. The molecule has 0 spiro atoms. The van der Waals surface area contributed by atoms with E-state index in [9.17, 15) is 14.4 Å². The molecule has 1 aliphatic heterocycles. The van der Waals surface area contributed by atoms with Crippen molar-refractivity contribution in [2.24, 2.45) is 0 Å². The zero-order valence-corrected chi connectivity index (χ0v) is 18.1. The minimum atomic E-state index is -0.789. The highest BCUT2D eigenvalue weighted by Gasteiger charge is 2.36. The van der Waals surface area contributed by atoms with E-state index < -0.39 is 17.8 Å². The van der Waals surface area contributed by atoms with Crippen LogP contribution in [-0.2, 0) is 16.1 Å². The van der Waals surface area contributed by atoms with E-state index in [0.717, 1.165) is 22.0 Å². The van der Waals surface area contributed by atoms with Gasteiger partial charge in [0.1, 0.15) is 11.3 Å². The molecule has 158 valence electrons. The van der Waals surface area contributed by atoms with Crippen molar-refractivity contribution in [2.75, 3.05) is 0 Å². The van der Waals surface area contributed by atoms with Gasteiger partial charge in [0, 0.05) is 27.1 Å². The number of barbiturate groups is 1. The van der Waals surface area contributed by atoms with Crippen molar-refractivity contribution >= 4 is 47.1 Å². The summed E-state index contributed by atoms with van der Waals surface area (Å²) in [4.78, 5) is 38.5. The van der Waals surface area contributed by atoms with E-state index in [0.29, 0.717) is 21.4 Å². The molecule has 3 heterocycles. The SMILES string of the molecule is Cc1cc(C=C2C(=O)NC(=O)N(Cc3ccco3)C2=O)c(C)n1-c1cc(Cl)cc(Cl)c1. The Labute approximate surface area is 187 Å². The van der Waals surface area contributed by atoms with Crippen LogP contribution in [0.5, 0.6) is 0 Å². The molecule has 0 aliphatic carbocycles. The van der Waals surface area contributed by atoms with Gasteiger partial charge in [-0.15, -0.1) is 0 Å². The predicted molar refractivity (Wildman–Crippen MR) is 116 cm³/mol. The Morgan fingerprint density at radius 1 is 1.06 bits per heavy atom. The Kier molecular flexibility index (Phi) is 5.47. The minimum absolute atomic E-state index is 0.0810. The van der Waals surface area contributed by atoms with E-state index in [1.54, 1.807) is 30.3 Å². The van der Waals surface area contributed by atoms with Crippen LogP contribution in [0.1, 0.15) is 22.7 Å². The summed E-state index contributed by atoms with van der Waals surface area (Å²) in [5.41, 5.74) is 2.90. The Bertz CT molecular complexity index is 1220. The number of halogens is 2. The summed E-state index contributed by atoms with van der Waals surface area (Å²) < 4.78 is 7.13. The molecule has 3 aromatic rings. The van der Waals surface area contributed by atoms with E-state index in [4.69, 9.17) is 27.6 Å². The number of aromatic nitrogens is 1. The van der Waals surface area contributed by atoms with Crippen LogP contribution in [0.15, 0.2) is 52.7 Å². The van der Waals surface area contributed by atoms with Crippen LogP contribution in [0.3, 0.4) is 0 Å². The average molecular weight is 458 g/mol. The highest BCUT2D eigenvalue weighted by molar-refractivity contribution is 6.35. The minimum Gasteiger partial charge on any atom is -0.467 e. The Morgan fingerprint density at radius 3 is 2.42 bits per heavy atom. The fourth-order valence-electron chi connectivity index (χ4n) is 3.55. The third-order valence-corrected chi connectivity index (χ3v) is 5.39. The molecule has 0 bridgehead atoms. The molecule has 1 saturated heterocycles. The first-order valence-electron chi connectivity index (χ1n) is 9.31. The number of amides is 4. The van der Waals surface area contributed by atoms with Gasteiger partial charge < -0.3 is 8.98 Å². The maximum absolute atomic E-state index is 12.9. The maximum atomic E-state index is 12.9. The summed E-state index contributed by atoms with van der Waals surface area (Å²) in [5, 5.41) is 3.18. The Hall–Kier alpha value is -3.29. The second kappa shape index (κ2) is 8.09. The van der Waals surface area contributed by atoms with Crippen LogP contribution in [-0.4, -0.2) is 27.3 Å². The average Bonchev–Trinajstić information content (AvgIpc) is 3.29. The van der Waals surface area contributed by atoms with E-state index in [-0.39, 0.29) is 12.1 Å². The number of carbonyl (C=O) groups is 3. The smallest absolute Gasteiger partial charge is 0.331 e. The molecule has 31 heavy (non-hydrogen) atoms. The topological polar surface area (TPSA) is 84.6 Å². The summed E-state index contributed by atoms with van der Waals surface area (Å²) >= 11 is 12.3. The van der Waals surface area contributed by atoms with Crippen molar-refractivity contribution in [2.45, 2.75) is 20.4 Å². The fourth-order valence-corrected chi connectivity index (χ4v) is 4.07. The van der Waals surface area contributed by atoms with Gasteiger partial charge in [-0.05, 0) is 61.9 Å². The third-order valence-electron chi connectivity index (χ3n) is 4.96. The molecule has 1 aliphatic rings. The van der Waals surface area contributed by atoms with Crippen LogP contribution in [0.2, 0.25) is 10.0 Å². The molecule has 0 atom stereocenters. The van der Waals surface area contributed by atoms with Crippen molar-refractivity contribution in [1.29, 1.82) is 0 Å². The molecule has 0 radical (unpaired) electrons. The van der Waals surface area contributed by atoms with Gasteiger partial charge in [-0.3, -0.25) is 19.8 Å². The quantitative estimate of drug-likeness (QED) is 0.456. The lowest BCUT2D eigenvalue weighted by Gasteiger charge is -2.25. The van der Waals surface area contributed by atoms with Crippen LogP contribution >= 0.6 is 23.2 Å². The van der Waals surface area contributed by atoms with Crippen molar-refractivity contribution in [1.82, 2.24) is 14.8 Å². The second-order valence-corrected chi connectivity index (χ2v) is 7.95. The normalized spacial score (nSPS) is 15.7. The number of aryl methyl sites for hydroxylation is 1. The summed E-state index contributed by atoms with van der Waals surface area (Å²) in [6.07, 6.45) is 2.92. The molecule has 9 heteroatoms.